The molecule has 1 atom stereocenters. The number of aryl methyl sites for hydroxylation is 2. The van der Waals surface area contributed by atoms with Crippen molar-refractivity contribution in [2.24, 2.45) is 0 Å². The van der Waals surface area contributed by atoms with Gasteiger partial charge in [0.2, 0.25) is 0 Å². The quantitative estimate of drug-likeness (QED) is 0.711. The van der Waals surface area contributed by atoms with E-state index in [4.69, 9.17) is 4.42 Å². The minimum Gasteiger partial charge on any atom is -0.465 e. The summed E-state index contributed by atoms with van der Waals surface area (Å²) in [6.45, 7) is 3.74. The third-order valence-electron chi connectivity index (χ3n) is 3.78. The standard InChI is InChI=1S/C19H18O3S/c1-14-8-11-17(12-9-14)23(20,21)19(16-6-4-3-5-7-16)18-13-10-15(2)22-18/h3-13,19H,1-2H3. The van der Waals surface area contributed by atoms with Gasteiger partial charge in [-0.15, -0.1) is 0 Å². The lowest BCUT2D eigenvalue weighted by atomic mass is 10.1. The van der Waals surface area contributed by atoms with E-state index < -0.39 is 15.1 Å². The summed E-state index contributed by atoms with van der Waals surface area (Å²) < 4.78 is 32.0. The van der Waals surface area contributed by atoms with Crippen molar-refractivity contribution < 1.29 is 12.8 Å². The van der Waals surface area contributed by atoms with Crippen molar-refractivity contribution in [2.75, 3.05) is 0 Å². The Hall–Kier alpha value is -2.33. The Labute approximate surface area is 136 Å². The Kier molecular flexibility index (Phi) is 4.09. The highest BCUT2D eigenvalue weighted by molar-refractivity contribution is 7.91. The van der Waals surface area contributed by atoms with Gasteiger partial charge in [-0.25, -0.2) is 8.42 Å². The third-order valence-corrected chi connectivity index (χ3v) is 5.84. The Morgan fingerprint density at radius 3 is 2.04 bits per heavy atom. The minimum atomic E-state index is -3.60. The fraction of sp³-hybridized carbons (Fsp3) is 0.158. The second-order valence-electron chi connectivity index (χ2n) is 5.60. The van der Waals surface area contributed by atoms with Crippen LogP contribution >= 0.6 is 0 Å². The van der Waals surface area contributed by atoms with Gasteiger partial charge >= 0.3 is 0 Å². The molecular formula is C19H18O3S. The van der Waals surface area contributed by atoms with E-state index in [-0.39, 0.29) is 0 Å². The zero-order valence-corrected chi connectivity index (χ0v) is 13.9. The van der Waals surface area contributed by atoms with E-state index in [0.717, 1.165) is 5.56 Å². The summed E-state index contributed by atoms with van der Waals surface area (Å²) in [5, 5.41) is -0.847. The second-order valence-corrected chi connectivity index (χ2v) is 7.63. The summed E-state index contributed by atoms with van der Waals surface area (Å²) in [7, 11) is -3.60. The molecule has 0 spiro atoms. The highest BCUT2D eigenvalue weighted by Gasteiger charge is 2.33. The normalized spacial score (nSPS) is 13.0. The lowest BCUT2D eigenvalue weighted by molar-refractivity contribution is 0.481. The zero-order chi connectivity index (χ0) is 16.4. The van der Waals surface area contributed by atoms with Gasteiger partial charge in [0.25, 0.3) is 0 Å². The lowest BCUT2D eigenvalue weighted by Crippen LogP contribution is -2.14. The molecule has 118 valence electrons. The first kappa shape index (κ1) is 15.6. The molecule has 0 amide bonds. The molecule has 0 saturated heterocycles. The summed E-state index contributed by atoms with van der Waals surface area (Å²) in [4.78, 5) is 0.297. The fourth-order valence-electron chi connectivity index (χ4n) is 2.58. The Bertz CT molecular complexity index is 891. The lowest BCUT2D eigenvalue weighted by Gasteiger charge is -2.16. The van der Waals surface area contributed by atoms with Crippen molar-refractivity contribution in [1.29, 1.82) is 0 Å². The van der Waals surface area contributed by atoms with Crippen LogP contribution in [0, 0.1) is 13.8 Å². The van der Waals surface area contributed by atoms with E-state index in [2.05, 4.69) is 0 Å². The summed E-state index contributed by atoms with van der Waals surface area (Å²) in [5.41, 5.74) is 1.72. The molecule has 0 N–H and O–H groups in total. The van der Waals surface area contributed by atoms with Gasteiger partial charge in [-0.05, 0) is 43.7 Å². The number of hydrogen-bond acceptors (Lipinski definition) is 3. The molecule has 4 heteroatoms. The number of furan rings is 1. The molecule has 0 radical (unpaired) electrons. The maximum absolute atomic E-state index is 13.2. The molecular weight excluding hydrogens is 308 g/mol. The number of hydrogen-bond donors (Lipinski definition) is 0. The van der Waals surface area contributed by atoms with E-state index in [9.17, 15) is 8.42 Å². The van der Waals surface area contributed by atoms with Crippen molar-refractivity contribution in [3.63, 3.8) is 0 Å². The van der Waals surface area contributed by atoms with E-state index in [1.165, 1.54) is 0 Å². The Balaban J connectivity index is 2.17. The molecule has 3 rings (SSSR count). The van der Waals surface area contributed by atoms with E-state index >= 15 is 0 Å². The van der Waals surface area contributed by atoms with Crippen LogP contribution in [0.5, 0.6) is 0 Å². The maximum Gasteiger partial charge on any atom is 0.192 e. The van der Waals surface area contributed by atoms with Gasteiger partial charge in [0, 0.05) is 0 Å². The topological polar surface area (TPSA) is 47.3 Å². The molecule has 0 aliphatic heterocycles. The van der Waals surface area contributed by atoms with Crippen LogP contribution in [0.1, 0.15) is 27.9 Å². The number of benzene rings is 2. The molecule has 23 heavy (non-hydrogen) atoms. The molecule has 3 nitrogen and oxygen atoms in total. The van der Waals surface area contributed by atoms with Crippen LogP contribution in [0.2, 0.25) is 0 Å². The van der Waals surface area contributed by atoms with Crippen molar-refractivity contribution in [3.05, 3.63) is 89.4 Å². The highest BCUT2D eigenvalue weighted by atomic mass is 32.2. The molecule has 3 aromatic rings. The minimum absolute atomic E-state index is 0.297. The van der Waals surface area contributed by atoms with Crippen LogP contribution in [0.25, 0.3) is 0 Å². The van der Waals surface area contributed by atoms with Crippen LogP contribution < -0.4 is 0 Å². The Morgan fingerprint density at radius 2 is 1.48 bits per heavy atom. The maximum atomic E-state index is 13.2. The summed E-state index contributed by atoms with van der Waals surface area (Å²) in [6.07, 6.45) is 0. The summed E-state index contributed by atoms with van der Waals surface area (Å²) in [6, 6.07) is 19.6. The average molecular weight is 326 g/mol. The molecule has 0 aliphatic carbocycles. The first-order valence-corrected chi connectivity index (χ1v) is 8.95. The van der Waals surface area contributed by atoms with Crippen molar-refractivity contribution in [2.45, 2.75) is 24.0 Å². The van der Waals surface area contributed by atoms with Crippen LogP contribution in [0.15, 0.2) is 76.0 Å². The molecule has 0 saturated carbocycles. The monoisotopic (exact) mass is 326 g/mol. The van der Waals surface area contributed by atoms with Crippen LogP contribution in [-0.2, 0) is 9.84 Å². The van der Waals surface area contributed by atoms with Gasteiger partial charge < -0.3 is 4.42 Å². The van der Waals surface area contributed by atoms with Crippen LogP contribution in [0.3, 0.4) is 0 Å². The second kappa shape index (κ2) is 6.05. The molecule has 0 aliphatic rings. The predicted molar refractivity (Wildman–Crippen MR) is 90.1 cm³/mol. The summed E-state index contributed by atoms with van der Waals surface area (Å²) >= 11 is 0. The first-order valence-electron chi connectivity index (χ1n) is 7.40. The fourth-order valence-corrected chi connectivity index (χ4v) is 4.32. The number of rotatable bonds is 4. The van der Waals surface area contributed by atoms with Crippen molar-refractivity contribution in [3.8, 4) is 0 Å². The predicted octanol–water partition coefficient (Wildman–Crippen LogP) is 4.46. The largest absolute Gasteiger partial charge is 0.465 e. The molecule has 0 bridgehead atoms. The van der Waals surface area contributed by atoms with Gasteiger partial charge in [0.05, 0.1) is 4.90 Å². The zero-order valence-electron chi connectivity index (χ0n) is 13.1. The third kappa shape index (κ3) is 3.08. The molecule has 1 unspecified atom stereocenters. The SMILES string of the molecule is Cc1ccc(S(=O)(=O)C(c2ccccc2)c2ccc(C)o2)cc1. The van der Waals surface area contributed by atoms with Crippen LogP contribution in [0.4, 0.5) is 0 Å². The first-order chi connectivity index (χ1) is 11.0. The van der Waals surface area contributed by atoms with Gasteiger partial charge in [-0.3, -0.25) is 0 Å². The van der Waals surface area contributed by atoms with Gasteiger partial charge in [0.1, 0.15) is 16.8 Å². The number of sulfone groups is 1. The smallest absolute Gasteiger partial charge is 0.192 e. The highest BCUT2D eigenvalue weighted by Crippen LogP contribution is 2.35. The van der Waals surface area contributed by atoms with E-state index in [1.54, 1.807) is 24.3 Å². The summed E-state index contributed by atoms with van der Waals surface area (Å²) in [5.74, 6) is 1.13. The van der Waals surface area contributed by atoms with Crippen molar-refractivity contribution in [1.82, 2.24) is 0 Å². The molecule has 2 aromatic carbocycles. The molecule has 1 aromatic heterocycles. The van der Waals surface area contributed by atoms with Gasteiger partial charge in [-0.2, -0.15) is 0 Å². The van der Waals surface area contributed by atoms with Crippen LogP contribution in [-0.4, -0.2) is 8.42 Å². The van der Waals surface area contributed by atoms with Crippen molar-refractivity contribution >= 4 is 9.84 Å². The van der Waals surface area contributed by atoms with E-state index in [1.807, 2.05) is 56.3 Å². The van der Waals surface area contributed by atoms with E-state index in [0.29, 0.717) is 22.0 Å². The van der Waals surface area contributed by atoms with Gasteiger partial charge in [-0.1, -0.05) is 48.0 Å². The van der Waals surface area contributed by atoms with Gasteiger partial charge in [0.15, 0.2) is 9.84 Å². The molecule has 0 fully saturated rings. The Morgan fingerprint density at radius 1 is 0.826 bits per heavy atom. The molecule has 1 heterocycles. The average Bonchev–Trinajstić information content (AvgIpc) is 2.94.